The van der Waals surface area contributed by atoms with Gasteiger partial charge < -0.3 is 15.0 Å². The van der Waals surface area contributed by atoms with Gasteiger partial charge in [0.2, 0.25) is 0 Å². The lowest BCUT2D eigenvalue weighted by Gasteiger charge is -2.35. The smallest absolute Gasteiger partial charge is 0.419 e. The second-order valence-corrected chi connectivity index (χ2v) is 7.58. The number of carbonyl (C=O) groups excluding carboxylic acids is 2. The average Bonchev–Trinajstić information content (AvgIpc) is 3.05. The number of benzene rings is 1. The van der Waals surface area contributed by atoms with Crippen molar-refractivity contribution in [2.75, 3.05) is 23.8 Å². The number of hydrogen-bond donors (Lipinski definition) is 1. The van der Waals surface area contributed by atoms with Gasteiger partial charge in [-0.3, -0.25) is 4.79 Å². The van der Waals surface area contributed by atoms with Gasteiger partial charge in [-0.05, 0) is 38.9 Å². The normalized spacial score (nSPS) is 22.8. The van der Waals surface area contributed by atoms with Crippen molar-refractivity contribution in [1.82, 2.24) is 4.90 Å². The first-order valence-electron chi connectivity index (χ1n) is 8.72. The molecule has 136 valence electrons. The van der Waals surface area contributed by atoms with Crippen LogP contribution in [-0.4, -0.2) is 42.6 Å². The second kappa shape index (κ2) is 6.74. The first kappa shape index (κ1) is 17.1. The van der Waals surface area contributed by atoms with Crippen LogP contribution in [0.15, 0.2) is 35.0 Å². The summed E-state index contributed by atoms with van der Waals surface area (Å²) in [5.41, 5.74) is 2.29. The molecule has 2 aromatic rings. The fraction of sp³-hybridized carbons (Fsp3) is 0.368. The summed E-state index contributed by atoms with van der Waals surface area (Å²) in [5, 5.41) is 6.45. The fourth-order valence-corrected chi connectivity index (χ4v) is 4.27. The molecule has 2 aliphatic rings. The van der Waals surface area contributed by atoms with Crippen LogP contribution in [0.1, 0.15) is 30.1 Å². The van der Waals surface area contributed by atoms with Crippen LogP contribution in [0.2, 0.25) is 0 Å². The highest BCUT2D eigenvalue weighted by Gasteiger charge is 2.33. The lowest BCUT2D eigenvalue weighted by atomic mass is 10.0. The molecule has 0 saturated carbocycles. The molecule has 0 unspecified atom stereocenters. The third-order valence-electron chi connectivity index (χ3n) is 5.13. The molecule has 1 aromatic heterocycles. The molecule has 6 nitrogen and oxygen atoms in total. The van der Waals surface area contributed by atoms with E-state index in [1.54, 1.807) is 11.4 Å². The summed E-state index contributed by atoms with van der Waals surface area (Å²) in [4.78, 5) is 29.4. The summed E-state index contributed by atoms with van der Waals surface area (Å²) in [7, 11) is 2.09. The summed E-state index contributed by atoms with van der Waals surface area (Å²) in [5.74, 6) is -0.211. The van der Waals surface area contributed by atoms with Crippen molar-refractivity contribution >= 4 is 40.4 Å². The molecule has 0 bridgehead atoms. The number of rotatable bonds is 1. The summed E-state index contributed by atoms with van der Waals surface area (Å²) in [6, 6.07) is 7.67. The molecule has 0 spiro atoms. The minimum atomic E-state index is -0.435. The molecule has 3 heterocycles. The van der Waals surface area contributed by atoms with E-state index in [2.05, 4.69) is 24.2 Å². The third kappa shape index (κ3) is 2.97. The molecule has 2 aliphatic heterocycles. The Balaban J connectivity index is 1.66. The Morgan fingerprint density at radius 2 is 2.08 bits per heavy atom. The lowest BCUT2D eigenvalue weighted by molar-refractivity contribution is 0.0417. The number of anilines is 3. The van der Waals surface area contributed by atoms with Gasteiger partial charge >= 0.3 is 6.09 Å². The van der Waals surface area contributed by atoms with E-state index in [0.29, 0.717) is 28.7 Å². The summed E-state index contributed by atoms with van der Waals surface area (Å²) >= 11 is 1.39. The Morgan fingerprint density at radius 3 is 2.88 bits per heavy atom. The van der Waals surface area contributed by atoms with Gasteiger partial charge in [-0.15, -0.1) is 11.3 Å². The number of carbonyl (C=O) groups is 2. The summed E-state index contributed by atoms with van der Waals surface area (Å²) < 4.78 is 5.85. The molecule has 7 heteroatoms. The maximum Gasteiger partial charge on any atom is 0.419 e. The molecule has 2 amide bonds. The van der Waals surface area contributed by atoms with Crippen LogP contribution in [-0.2, 0) is 4.74 Å². The number of thiophene rings is 1. The van der Waals surface area contributed by atoms with E-state index in [1.165, 1.54) is 16.2 Å². The number of amides is 2. The van der Waals surface area contributed by atoms with Gasteiger partial charge in [-0.1, -0.05) is 12.1 Å². The standard InChI is InChI=1S/C19H21N3O3S/c1-12-9-13(7-8-21(12)2)25-19(24)22-16-6-4-3-5-15(16)20-18(23)14-10-26-11-17(14)22/h3-6,10-13H,7-9H2,1-2H3,(H,20,23)/t12-,13-/m0/s1. The topological polar surface area (TPSA) is 61.9 Å². The van der Waals surface area contributed by atoms with Gasteiger partial charge in [0.15, 0.2) is 0 Å². The van der Waals surface area contributed by atoms with Crippen molar-refractivity contribution in [3.8, 4) is 0 Å². The van der Waals surface area contributed by atoms with Crippen LogP contribution in [0.3, 0.4) is 0 Å². The zero-order chi connectivity index (χ0) is 18.3. The number of nitrogens with zero attached hydrogens (tertiary/aromatic N) is 2. The minimum Gasteiger partial charge on any atom is -0.445 e. The Hall–Kier alpha value is -2.38. The van der Waals surface area contributed by atoms with Crippen molar-refractivity contribution in [3.05, 3.63) is 40.6 Å². The van der Waals surface area contributed by atoms with E-state index in [4.69, 9.17) is 4.74 Å². The highest BCUT2D eigenvalue weighted by Crippen LogP contribution is 2.40. The third-order valence-corrected chi connectivity index (χ3v) is 5.86. The van der Waals surface area contributed by atoms with E-state index in [9.17, 15) is 9.59 Å². The van der Waals surface area contributed by atoms with E-state index in [-0.39, 0.29) is 12.0 Å². The van der Waals surface area contributed by atoms with Crippen molar-refractivity contribution in [2.24, 2.45) is 0 Å². The molecular weight excluding hydrogens is 350 g/mol. The SMILES string of the molecule is C[C@H]1C[C@@H](OC(=O)N2c3ccccc3NC(=O)c3cscc32)CCN1C. The molecule has 26 heavy (non-hydrogen) atoms. The number of ether oxygens (including phenoxy) is 1. The second-order valence-electron chi connectivity index (χ2n) is 6.84. The molecular formula is C19H21N3O3S. The van der Waals surface area contributed by atoms with Crippen molar-refractivity contribution in [1.29, 1.82) is 0 Å². The van der Waals surface area contributed by atoms with Gasteiger partial charge in [-0.25, -0.2) is 9.69 Å². The number of fused-ring (bicyclic) bond motifs is 2. The maximum atomic E-state index is 13.1. The van der Waals surface area contributed by atoms with Crippen molar-refractivity contribution in [2.45, 2.75) is 31.9 Å². The first-order valence-corrected chi connectivity index (χ1v) is 9.66. The number of para-hydroxylation sites is 2. The fourth-order valence-electron chi connectivity index (χ4n) is 3.47. The van der Waals surface area contributed by atoms with Gasteiger partial charge in [0, 0.05) is 23.3 Å². The quantitative estimate of drug-likeness (QED) is 0.821. The number of piperidine rings is 1. The average molecular weight is 371 g/mol. The van der Waals surface area contributed by atoms with E-state index >= 15 is 0 Å². The Labute approximate surface area is 156 Å². The summed E-state index contributed by atoms with van der Waals surface area (Å²) in [6.07, 6.45) is 1.08. The van der Waals surface area contributed by atoms with Crippen LogP contribution in [0.4, 0.5) is 21.9 Å². The summed E-state index contributed by atoms with van der Waals surface area (Å²) in [6.45, 7) is 3.04. The zero-order valence-electron chi connectivity index (χ0n) is 14.8. The van der Waals surface area contributed by atoms with E-state index in [1.807, 2.05) is 23.6 Å². The number of nitrogens with one attached hydrogen (secondary N) is 1. The van der Waals surface area contributed by atoms with Gasteiger partial charge in [0.05, 0.1) is 22.6 Å². The monoisotopic (exact) mass is 371 g/mol. The first-order chi connectivity index (χ1) is 12.5. The van der Waals surface area contributed by atoms with E-state index in [0.717, 1.165) is 19.4 Å². The van der Waals surface area contributed by atoms with E-state index < -0.39 is 6.09 Å². The van der Waals surface area contributed by atoms with Crippen LogP contribution in [0.5, 0.6) is 0 Å². The van der Waals surface area contributed by atoms with Gasteiger partial charge in [0.1, 0.15) is 6.10 Å². The maximum absolute atomic E-state index is 13.1. The van der Waals surface area contributed by atoms with Crippen LogP contribution < -0.4 is 10.2 Å². The molecule has 0 aliphatic carbocycles. The predicted molar refractivity (Wildman–Crippen MR) is 102 cm³/mol. The molecule has 1 aromatic carbocycles. The number of hydrogen-bond acceptors (Lipinski definition) is 5. The van der Waals surface area contributed by atoms with Crippen molar-refractivity contribution in [3.63, 3.8) is 0 Å². The Bertz CT molecular complexity index is 850. The predicted octanol–water partition coefficient (Wildman–Crippen LogP) is 4.07. The lowest BCUT2D eigenvalue weighted by Crippen LogP contribution is -2.42. The minimum absolute atomic E-state index is 0.116. The molecule has 0 radical (unpaired) electrons. The van der Waals surface area contributed by atoms with Gasteiger partial charge in [-0.2, -0.15) is 0 Å². The molecule has 1 fully saturated rings. The molecule has 2 atom stereocenters. The van der Waals surface area contributed by atoms with Crippen LogP contribution in [0, 0.1) is 0 Å². The molecule has 1 N–H and O–H groups in total. The Kier molecular flexibility index (Phi) is 4.42. The van der Waals surface area contributed by atoms with Crippen LogP contribution in [0.25, 0.3) is 0 Å². The molecule has 1 saturated heterocycles. The van der Waals surface area contributed by atoms with Crippen LogP contribution >= 0.6 is 11.3 Å². The van der Waals surface area contributed by atoms with Crippen molar-refractivity contribution < 1.29 is 14.3 Å². The highest BCUT2D eigenvalue weighted by molar-refractivity contribution is 7.08. The molecule has 4 rings (SSSR count). The highest BCUT2D eigenvalue weighted by atomic mass is 32.1. The zero-order valence-corrected chi connectivity index (χ0v) is 15.6. The Morgan fingerprint density at radius 1 is 1.27 bits per heavy atom. The van der Waals surface area contributed by atoms with Gasteiger partial charge in [0.25, 0.3) is 5.91 Å². The number of likely N-dealkylation sites (tertiary alicyclic amines) is 1. The largest absolute Gasteiger partial charge is 0.445 e.